The molecule has 0 saturated carbocycles. The van der Waals surface area contributed by atoms with Crippen molar-refractivity contribution in [3.8, 4) is 17.2 Å². The zero-order chi connectivity index (χ0) is 18.8. The average molecular weight is 376 g/mol. The summed E-state index contributed by atoms with van der Waals surface area (Å²) < 4.78 is 1.79. The molecule has 0 aliphatic rings. The lowest BCUT2D eigenvalue weighted by Crippen LogP contribution is -2.09. The lowest BCUT2D eigenvalue weighted by Gasteiger charge is -2.11. The highest BCUT2D eigenvalue weighted by molar-refractivity contribution is 7.98. The number of carboxylic acid groups (broad SMARTS) is 1. The van der Waals surface area contributed by atoms with Gasteiger partial charge in [0, 0.05) is 18.0 Å². The number of hydrogen-bond donors (Lipinski definition) is 1. The van der Waals surface area contributed by atoms with Gasteiger partial charge in [0.25, 0.3) is 0 Å². The first-order chi connectivity index (χ1) is 13.2. The van der Waals surface area contributed by atoms with E-state index in [2.05, 4.69) is 27.1 Å². The third kappa shape index (κ3) is 3.41. The van der Waals surface area contributed by atoms with Gasteiger partial charge in [-0.3, -0.25) is 9.36 Å². The predicted molar refractivity (Wildman–Crippen MR) is 105 cm³/mol. The summed E-state index contributed by atoms with van der Waals surface area (Å²) in [6.45, 7) is 0. The highest BCUT2D eigenvalue weighted by Crippen LogP contribution is 2.27. The van der Waals surface area contributed by atoms with Gasteiger partial charge in [0.15, 0.2) is 5.16 Å². The molecule has 0 aliphatic heterocycles. The van der Waals surface area contributed by atoms with E-state index >= 15 is 0 Å². The summed E-state index contributed by atoms with van der Waals surface area (Å²) in [6, 6.07) is 15.9. The molecule has 0 spiro atoms. The third-order valence-electron chi connectivity index (χ3n) is 4.21. The molecule has 134 valence electrons. The fraction of sp³-hybridized carbons (Fsp3) is 0.100. The quantitative estimate of drug-likeness (QED) is 0.421. The Hall–Kier alpha value is -3.19. The largest absolute Gasteiger partial charge is 0.481 e. The van der Waals surface area contributed by atoms with Crippen LogP contribution in [0.2, 0.25) is 0 Å². The molecule has 0 fully saturated rings. The van der Waals surface area contributed by atoms with E-state index in [1.807, 2.05) is 36.6 Å². The maximum absolute atomic E-state index is 11.3. The fourth-order valence-corrected chi connectivity index (χ4v) is 3.36. The minimum absolute atomic E-state index is 0.140. The van der Waals surface area contributed by atoms with Crippen molar-refractivity contribution in [1.29, 1.82) is 0 Å². The number of carboxylic acids is 1. The van der Waals surface area contributed by atoms with Gasteiger partial charge in [-0.25, -0.2) is 15.0 Å². The van der Waals surface area contributed by atoms with Gasteiger partial charge in [0.2, 0.25) is 0 Å². The molecule has 4 rings (SSSR count). The minimum atomic E-state index is -0.916. The van der Waals surface area contributed by atoms with Gasteiger partial charge in [-0.05, 0) is 29.2 Å². The number of aliphatic carboxylic acids is 1. The van der Waals surface area contributed by atoms with Crippen molar-refractivity contribution in [2.24, 2.45) is 0 Å². The summed E-state index contributed by atoms with van der Waals surface area (Å²) in [5.41, 5.74) is 1.46. The van der Waals surface area contributed by atoms with E-state index in [1.54, 1.807) is 23.0 Å². The Morgan fingerprint density at radius 3 is 2.70 bits per heavy atom. The molecule has 6 nitrogen and oxygen atoms in total. The molecule has 2 heterocycles. The summed E-state index contributed by atoms with van der Waals surface area (Å²) in [4.78, 5) is 24.6. The van der Waals surface area contributed by atoms with Crippen LogP contribution in [0.15, 0.2) is 66.1 Å². The Kier molecular flexibility index (Phi) is 4.60. The molecule has 0 bridgehead atoms. The number of fused-ring (bicyclic) bond motifs is 1. The number of benzene rings is 2. The first-order valence-electron chi connectivity index (χ1n) is 8.30. The minimum Gasteiger partial charge on any atom is -0.481 e. The number of thioether (sulfide) groups is 1. The number of rotatable bonds is 5. The van der Waals surface area contributed by atoms with Crippen LogP contribution >= 0.6 is 11.8 Å². The van der Waals surface area contributed by atoms with Crippen LogP contribution in [0.3, 0.4) is 0 Å². The first kappa shape index (κ1) is 17.2. The molecule has 0 amide bonds. The molecule has 4 aromatic rings. The van der Waals surface area contributed by atoms with E-state index in [1.165, 1.54) is 11.8 Å². The van der Waals surface area contributed by atoms with Crippen LogP contribution in [0.5, 0.6) is 0 Å². The molecule has 1 N–H and O–H groups in total. The van der Waals surface area contributed by atoms with Crippen molar-refractivity contribution in [2.75, 3.05) is 6.26 Å². The van der Waals surface area contributed by atoms with E-state index in [4.69, 9.17) is 0 Å². The zero-order valence-corrected chi connectivity index (χ0v) is 15.3. The van der Waals surface area contributed by atoms with Crippen molar-refractivity contribution in [1.82, 2.24) is 19.5 Å². The van der Waals surface area contributed by atoms with Crippen LogP contribution < -0.4 is 0 Å². The van der Waals surface area contributed by atoms with E-state index in [-0.39, 0.29) is 6.42 Å². The molecule has 27 heavy (non-hydrogen) atoms. The number of imidazole rings is 1. The maximum atomic E-state index is 11.3. The average Bonchev–Trinajstić information content (AvgIpc) is 3.10. The van der Waals surface area contributed by atoms with Crippen LogP contribution in [-0.4, -0.2) is 36.9 Å². The van der Waals surface area contributed by atoms with Gasteiger partial charge >= 0.3 is 5.97 Å². The van der Waals surface area contributed by atoms with Crippen LogP contribution in [0.1, 0.15) is 5.69 Å². The topological polar surface area (TPSA) is 80.9 Å². The molecular weight excluding hydrogens is 360 g/mol. The number of hydrogen-bond acceptors (Lipinski definition) is 5. The second-order valence-electron chi connectivity index (χ2n) is 5.94. The van der Waals surface area contributed by atoms with Crippen molar-refractivity contribution in [3.63, 3.8) is 0 Å². The summed E-state index contributed by atoms with van der Waals surface area (Å²) in [7, 11) is 0. The van der Waals surface area contributed by atoms with E-state index < -0.39 is 5.97 Å². The number of aromatic nitrogens is 4. The van der Waals surface area contributed by atoms with Crippen LogP contribution in [0, 0.1) is 0 Å². The standard InChI is InChI=1S/C20H16N4O2S/c1-27-20-21-9-8-17(23-20)24-16(11-18(25)26)12-22-19(24)15-7-6-13-4-2-3-5-14(13)10-15/h2-10,12H,11H2,1H3,(H,25,26). The predicted octanol–water partition coefficient (Wildman–Crippen LogP) is 3.83. The smallest absolute Gasteiger partial charge is 0.309 e. The highest BCUT2D eigenvalue weighted by Gasteiger charge is 2.17. The molecule has 0 saturated heterocycles. The second kappa shape index (κ2) is 7.20. The number of carbonyl (C=O) groups is 1. The number of nitrogens with zero attached hydrogens (tertiary/aromatic N) is 4. The van der Waals surface area contributed by atoms with Crippen molar-refractivity contribution in [2.45, 2.75) is 11.6 Å². The van der Waals surface area contributed by atoms with E-state index in [0.717, 1.165) is 16.3 Å². The second-order valence-corrected chi connectivity index (χ2v) is 6.72. The van der Waals surface area contributed by atoms with Gasteiger partial charge in [-0.1, -0.05) is 48.2 Å². The van der Waals surface area contributed by atoms with Gasteiger partial charge in [0.1, 0.15) is 11.6 Å². The Labute approximate surface area is 159 Å². The van der Waals surface area contributed by atoms with Crippen molar-refractivity contribution < 1.29 is 9.90 Å². The fourth-order valence-electron chi connectivity index (χ4n) is 3.01. The normalized spacial score (nSPS) is 11.0. The maximum Gasteiger partial charge on any atom is 0.309 e. The van der Waals surface area contributed by atoms with Gasteiger partial charge in [-0.15, -0.1) is 0 Å². The van der Waals surface area contributed by atoms with Gasteiger partial charge < -0.3 is 5.11 Å². The van der Waals surface area contributed by atoms with Gasteiger partial charge in [0.05, 0.1) is 12.1 Å². The molecule has 0 radical (unpaired) electrons. The van der Waals surface area contributed by atoms with E-state index in [0.29, 0.717) is 22.5 Å². The highest BCUT2D eigenvalue weighted by atomic mass is 32.2. The lowest BCUT2D eigenvalue weighted by molar-refractivity contribution is -0.136. The summed E-state index contributed by atoms with van der Waals surface area (Å²) >= 11 is 1.43. The van der Waals surface area contributed by atoms with Crippen molar-refractivity contribution in [3.05, 3.63) is 66.6 Å². The summed E-state index contributed by atoms with van der Waals surface area (Å²) in [5.74, 6) is 0.342. The molecule has 0 unspecified atom stereocenters. The molecular formula is C20H16N4O2S. The SMILES string of the molecule is CSc1nccc(-n2c(CC(=O)O)cnc2-c2ccc3ccccc3c2)n1. The summed E-state index contributed by atoms with van der Waals surface area (Å²) in [5, 5.41) is 12.1. The monoisotopic (exact) mass is 376 g/mol. The van der Waals surface area contributed by atoms with E-state index in [9.17, 15) is 9.90 Å². The van der Waals surface area contributed by atoms with Crippen molar-refractivity contribution >= 4 is 28.5 Å². The Morgan fingerprint density at radius 2 is 1.93 bits per heavy atom. The molecule has 0 atom stereocenters. The van der Waals surface area contributed by atoms with Crippen LogP contribution in [-0.2, 0) is 11.2 Å². The lowest BCUT2D eigenvalue weighted by atomic mass is 10.1. The molecule has 2 aromatic carbocycles. The van der Waals surface area contributed by atoms with Gasteiger partial charge in [-0.2, -0.15) is 0 Å². The summed E-state index contributed by atoms with van der Waals surface area (Å²) in [6.07, 6.45) is 5.02. The molecule has 7 heteroatoms. The van der Waals surface area contributed by atoms with Crippen LogP contribution in [0.4, 0.5) is 0 Å². The third-order valence-corrected chi connectivity index (χ3v) is 4.77. The first-order valence-corrected chi connectivity index (χ1v) is 9.53. The molecule has 0 aliphatic carbocycles. The molecule has 2 aromatic heterocycles. The zero-order valence-electron chi connectivity index (χ0n) is 14.5. The van der Waals surface area contributed by atoms with Crippen LogP contribution in [0.25, 0.3) is 28.0 Å². The Balaban J connectivity index is 1.91. The Bertz CT molecular complexity index is 1140. The Morgan fingerprint density at radius 1 is 1.11 bits per heavy atom.